The minimum atomic E-state index is 0.00348. The monoisotopic (exact) mass is 337 g/mol. The number of nitrogens with one attached hydrogen (secondary N) is 1. The third-order valence-corrected chi connectivity index (χ3v) is 5.12. The molecule has 0 fully saturated rings. The second kappa shape index (κ2) is 7.30. The van der Waals surface area contributed by atoms with Crippen LogP contribution in [0.2, 0.25) is 0 Å². The van der Waals surface area contributed by atoms with E-state index < -0.39 is 0 Å². The van der Waals surface area contributed by atoms with E-state index in [1.807, 2.05) is 19.1 Å². The van der Waals surface area contributed by atoms with Crippen molar-refractivity contribution in [3.05, 3.63) is 64.2 Å². The van der Waals surface area contributed by atoms with Crippen molar-refractivity contribution in [1.82, 2.24) is 5.32 Å². The van der Waals surface area contributed by atoms with Crippen LogP contribution in [0.3, 0.4) is 0 Å². The lowest BCUT2D eigenvalue weighted by Gasteiger charge is -2.27. The van der Waals surface area contributed by atoms with E-state index in [9.17, 15) is 4.79 Å². The van der Waals surface area contributed by atoms with Crippen LogP contribution in [0, 0.1) is 6.92 Å². The Hall–Kier alpha value is -2.29. The van der Waals surface area contributed by atoms with Crippen molar-refractivity contribution in [2.24, 2.45) is 0 Å². The molecule has 0 saturated carbocycles. The van der Waals surface area contributed by atoms with Gasteiger partial charge in [-0.3, -0.25) is 4.79 Å². The Morgan fingerprint density at radius 2 is 2.00 bits per heavy atom. The molecule has 0 radical (unpaired) electrons. The van der Waals surface area contributed by atoms with Crippen LogP contribution >= 0.6 is 0 Å². The van der Waals surface area contributed by atoms with Crippen LogP contribution in [0.1, 0.15) is 71.3 Å². The van der Waals surface area contributed by atoms with E-state index >= 15 is 0 Å². The standard InChI is InChI=1S/C22H27NO2/c1-14(2)18-13-19(15(3)12-21(18)25-4)22(24)23-20-11-7-9-16-8-5-6-10-17(16)20/h5-6,8,10,12-14,20H,7,9,11H2,1-4H3,(H,23,24). The van der Waals surface area contributed by atoms with E-state index in [4.69, 9.17) is 4.74 Å². The van der Waals surface area contributed by atoms with Gasteiger partial charge in [-0.1, -0.05) is 38.1 Å². The van der Waals surface area contributed by atoms with Gasteiger partial charge in [0, 0.05) is 5.56 Å². The van der Waals surface area contributed by atoms with Crippen LogP contribution in [0.25, 0.3) is 0 Å². The number of carbonyl (C=O) groups excluding carboxylic acids is 1. The Morgan fingerprint density at radius 3 is 2.72 bits per heavy atom. The first-order valence-electron chi connectivity index (χ1n) is 9.08. The number of hydrogen-bond acceptors (Lipinski definition) is 2. The zero-order valence-corrected chi connectivity index (χ0v) is 15.6. The van der Waals surface area contributed by atoms with E-state index in [-0.39, 0.29) is 11.9 Å². The predicted octanol–water partition coefficient (Wildman–Crippen LogP) is 4.93. The third-order valence-electron chi connectivity index (χ3n) is 5.12. The van der Waals surface area contributed by atoms with Gasteiger partial charge in [0.05, 0.1) is 13.2 Å². The quantitative estimate of drug-likeness (QED) is 0.858. The molecule has 0 aromatic heterocycles. The molecule has 0 spiro atoms. The van der Waals surface area contributed by atoms with Gasteiger partial charge in [0.25, 0.3) is 5.91 Å². The summed E-state index contributed by atoms with van der Waals surface area (Å²) in [6.45, 7) is 6.20. The summed E-state index contributed by atoms with van der Waals surface area (Å²) in [5, 5.41) is 3.26. The number of methoxy groups -OCH3 is 1. The second-order valence-electron chi connectivity index (χ2n) is 7.18. The number of carbonyl (C=O) groups is 1. The fraction of sp³-hybridized carbons (Fsp3) is 0.409. The van der Waals surface area contributed by atoms with Crippen LogP contribution < -0.4 is 10.1 Å². The molecule has 3 nitrogen and oxygen atoms in total. The van der Waals surface area contributed by atoms with Gasteiger partial charge in [-0.25, -0.2) is 0 Å². The first kappa shape index (κ1) is 17.5. The first-order valence-corrected chi connectivity index (χ1v) is 9.08. The number of amides is 1. The van der Waals surface area contributed by atoms with Gasteiger partial charge in [-0.2, -0.15) is 0 Å². The van der Waals surface area contributed by atoms with Gasteiger partial charge in [0.15, 0.2) is 0 Å². The smallest absolute Gasteiger partial charge is 0.252 e. The first-order chi connectivity index (χ1) is 12.0. The normalized spacial score (nSPS) is 16.4. The highest BCUT2D eigenvalue weighted by Gasteiger charge is 2.23. The van der Waals surface area contributed by atoms with Gasteiger partial charge in [-0.15, -0.1) is 0 Å². The van der Waals surface area contributed by atoms with Gasteiger partial charge in [0.2, 0.25) is 0 Å². The lowest BCUT2D eigenvalue weighted by Crippen LogP contribution is -2.31. The van der Waals surface area contributed by atoms with E-state index in [0.29, 0.717) is 5.92 Å². The largest absolute Gasteiger partial charge is 0.496 e. The zero-order valence-electron chi connectivity index (χ0n) is 15.6. The SMILES string of the molecule is COc1cc(C)c(C(=O)NC2CCCc3ccccc32)cc1C(C)C. The van der Waals surface area contributed by atoms with E-state index in [0.717, 1.165) is 41.7 Å². The summed E-state index contributed by atoms with van der Waals surface area (Å²) in [5.41, 5.74) is 5.38. The van der Waals surface area contributed by atoms with Crippen LogP contribution in [0.15, 0.2) is 36.4 Å². The Bertz CT molecular complexity index is 780. The average Bonchev–Trinajstić information content (AvgIpc) is 2.61. The number of aryl methyl sites for hydroxylation is 2. The Labute approximate surface area is 150 Å². The summed E-state index contributed by atoms with van der Waals surface area (Å²) in [5.74, 6) is 1.16. The molecule has 2 aromatic carbocycles. The summed E-state index contributed by atoms with van der Waals surface area (Å²) in [4.78, 5) is 13.0. The molecule has 1 aliphatic rings. The van der Waals surface area contributed by atoms with Crippen molar-refractivity contribution >= 4 is 5.91 Å². The molecule has 0 bridgehead atoms. The van der Waals surface area contributed by atoms with Crippen molar-refractivity contribution in [2.45, 2.75) is 52.0 Å². The fourth-order valence-electron chi connectivity index (χ4n) is 3.71. The Balaban J connectivity index is 1.89. The molecule has 3 heteroatoms. The highest BCUT2D eigenvalue weighted by Crippen LogP contribution is 2.32. The van der Waals surface area contributed by atoms with Crippen molar-refractivity contribution in [1.29, 1.82) is 0 Å². The molecule has 2 aromatic rings. The molecule has 0 aliphatic heterocycles. The molecule has 1 N–H and O–H groups in total. The number of benzene rings is 2. The summed E-state index contributed by atoms with van der Waals surface area (Å²) in [6, 6.07) is 12.5. The van der Waals surface area contributed by atoms with Crippen LogP contribution in [0.5, 0.6) is 5.75 Å². The number of ether oxygens (including phenoxy) is 1. The van der Waals surface area contributed by atoms with Crippen molar-refractivity contribution in [2.75, 3.05) is 7.11 Å². The maximum Gasteiger partial charge on any atom is 0.252 e. The summed E-state index contributed by atoms with van der Waals surface area (Å²) in [6.07, 6.45) is 3.21. The molecule has 0 saturated heterocycles. The second-order valence-corrected chi connectivity index (χ2v) is 7.18. The lowest BCUT2D eigenvalue weighted by molar-refractivity contribution is 0.0932. The summed E-state index contributed by atoms with van der Waals surface area (Å²) < 4.78 is 5.49. The Morgan fingerprint density at radius 1 is 1.24 bits per heavy atom. The molecule has 1 atom stereocenters. The summed E-state index contributed by atoms with van der Waals surface area (Å²) >= 11 is 0. The van der Waals surface area contributed by atoms with Gasteiger partial charge >= 0.3 is 0 Å². The fourth-order valence-corrected chi connectivity index (χ4v) is 3.71. The van der Waals surface area contributed by atoms with Gasteiger partial charge in [-0.05, 0) is 66.5 Å². The Kier molecular flexibility index (Phi) is 5.12. The van der Waals surface area contributed by atoms with Crippen LogP contribution in [-0.2, 0) is 6.42 Å². The molecule has 132 valence electrons. The molecule has 3 rings (SSSR count). The maximum absolute atomic E-state index is 13.0. The van der Waals surface area contributed by atoms with Crippen LogP contribution in [-0.4, -0.2) is 13.0 Å². The number of fused-ring (bicyclic) bond motifs is 1. The van der Waals surface area contributed by atoms with Crippen LogP contribution in [0.4, 0.5) is 0 Å². The molecule has 1 unspecified atom stereocenters. The van der Waals surface area contributed by atoms with E-state index in [1.165, 1.54) is 11.1 Å². The van der Waals surface area contributed by atoms with Gasteiger partial charge < -0.3 is 10.1 Å². The minimum Gasteiger partial charge on any atom is -0.496 e. The highest BCUT2D eigenvalue weighted by atomic mass is 16.5. The molecular formula is C22H27NO2. The average molecular weight is 337 g/mol. The van der Waals surface area contributed by atoms with Crippen molar-refractivity contribution in [3.8, 4) is 5.75 Å². The topological polar surface area (TPSA) is 38.3 Å². The molecular weight excluding hydrogens is 310 g/mol. The van der Waals surface area contributed by atoms with Gasteiger partial charge in [0.1, 0.15) is 5.75 Å². The molecule has 0 heterocycles. The summed E-state index contributed by atoms with van der Waals surface area (Å²) in [7, 11) is 1.68. The lowest BCUT2D eigenvalue weighted by atomic mass is 9.87. The number of hydrogen-bond donors (Lipinski definition) is 1. The minimum absolute atomic E-state index is 0.00348. The third kappa shape index (κ3) is 3.55. The molecule has 1 aliphatic carbocycles. The van der Waals surface area contributed by atoms with Crippen molar-refractivity contribution in [3.63, 3.8) is 0 Å². The zero-order chi connectivity index (χ0) is 18.0. The van der Waals surface area contributed by atoms with E-state index in [1.54, 1.807) is 7.11 Å². The van der Waals surface area contributed by atoms with E-state index in [2.05, 4.69) is 43.4 Å². The molecule has 25 heavy (non-hydrogen) atoms. The number of rotatable bonds is 4. The molecule has 1 amide bonds. The maximum atomic E-state index is 13.0. The highest BCUT2D eigenvalue weighted by molar-refractivity contribution is 5.96. The predicted molar refractivity (Wildman–Crippen MR) is 101 cm³/mol. The van der Waals surface area contributed by atoms with Crippen molar-refractivity contribution < 1.29 is 9.53 Å².